The number of carbonyl (C=O) groups is 9. The van der Waals surface area contributed by atoms with Crippen molar-refractivity contribution in [3.05, 3.63) is 29.8 Å². The summed E-state index contributed by atoms with van der Waals surface area (Å²) in [6, 6.07) is 6.38. The minimum absolute atomic E-state index is 0.0328. The van der Waals surface area contributed by atoms with E-state index in [2.05, 4.69) is 15.6 Å². The molecule has 1 aromatic carbocycles. The molecule has 70 heavy (non-hydrogen) atoms. The summed E-state index contributed by atoms with van der Waals surface area (Å²) in [5.41, 5.74) is 13.2. The number of carbonyl (C=O) groups excluding carboxylic acids is 6. The van der Waals surface area contributed by atoms with E-state index in [-0.39, 0.29) is 93.7 Å². The molecule has 394 valence electrons. The third-order valence-electron chi connectivity index (χ3n) is 11.3. The zero-order chi connectivity index (χ0) is 52.8. The van der Waals surface area contributed by atoms with Crippen LogP contribution in [0.25, 0.3) is 0 Å². The van der Waals surface area contributed by atoms with Gasteiger partial charge in [-0.25, -0.2) is 5.48 Å². The molecule has 0 unspecified atom stereocenters. The standard InChI is InChI=1S/C28H43N5O6.C19H34N4O8/c1-17(2)14-23-22(27(37)33-38)7-5-13-39-21-10-8-19(9-11-21)15-24(32-26(23)36)25(35)16-20(18(3)34)6-4-12-31-28(29)30;1-15(24)10-22(12-17(26)27)8-6-21(11-16(25)4-3-5-20-2)7-9-23(13-18(28)29)14-19(30)31/h8-11,17,20,22-24,38H,4-7,12-16H2,1-3H3,(H,32,36)(H,33,37)(H4,29,30,31);20H,3-14H2,1-2H3,(H,26,27)(H,28,29)(H,30,31)/t20-,22+,23-,24+;/m1./s1. The Morgan fingerprint density at radius 2 is 1.41 bits per heavy atom. The average Bonchev–Trinajstić information content (AvgIpc) is 3.26. The molecule has 0 fully saturated rings. The Bertz CT molecular complexity index is 1810. The van der Waals surface area contributed by atoms with Crippen molar-refractivity contribution in [2.24, 2.45) is 40.1 Å². The Labute approximate surface area is 410 Å². The molecule has 2 heterocycles. The van der Waals surface area contributed by atoms with Gasteiger partial charge in [-0.15, -0.1) is 0 Å². The fraction of sp³-hybridized carbons (Fsp3) is 0.660. The van der Waals surface area contributed by atoms with Crippen molar-refractivity contribution < 1.29 is 68.4 Å². The first kappa shape index (κ1) is 62.1. The molecule has 0 aromatic heterocycles. The molecule has 0 aliphatic carbocycles. The molecular formula is C47H77N9O14. The molecule has 2 amide bonds. The molecule has 11 N–H and O–H groups in total. The molecular weight excluding hydrogens is 915 g/mol. The van der Waals surface area contributed by atoms with Crippen LogP contribution in [0.5, 0.6) is 5.75 Å². The molecule has 0 spiro atoms. The highest BCUT2D eigenvalue weighted by Crippen LogP contribution is 2.27. The summed E-state index contributed by atoms with van der Waals surface area (Å²) >= 11 is 0. The number of carboxylic acids is 3. The highest BCUT2D eigenvalue weighted by Gasteiger charge is 2.36. The van der Waals surface area contributed by atoms with Gasteiger partial charge in [0.2, 0.25) is 11.8 Å². The van der Waals surface area contributed by atoms with Crippen LogP contribution in [0.1, 0.15) is 84.6 Å². The second-order valence-electron chi connectivity index (χ2n) is 18.0. The molecule has 4 atom stereocenters. The van der Waals surface area contributed by atoms with Crippen molar-refractivity contribution in [3.8, 4) is 5.75 Å². The quantitative estimate of drug-likeness (QED) is 0.0158. The second-order valence-corrected chi connectivity index (χ2v) is 18.0. The van der Waals surface area contributed by atoms with Crippen molar-refractivity contribution >= 4 is 58.8 Å². The lowest BCUT2D eigenvalue weighted by Gasteiger charge is -2.29. The fourth-order valence-corrected chi connectivity index (χ4v) is 7.86. The predicted molar refractivity (Wildman–Crippen MR) is 258 cm³/mol. The molecule has 1 aromatic rings. The maximum atomic E-state index is 13.7. The normalized spacial score (nSPS) is 16.5. The number of benzene rings is 1. The van der Waals surface area contributed by atoms with Gasteiger partial charge in [-0.05, 0) is 96.0 Å². The first-order valence-electron chi connectivity index (χ1n) is 23.6. The number of hydrogen-bond acceptors (Lipinski definition) is 16. The number of rotatable bonds is 31. The molecule has 0 saturated heterocycles. The van der Waals surface area contributed by atoms with Crippen LogP contribution in [0.15, 0.2) is 29.3 Å². The number of hydrogen-bond donors (Lipinski definition) is 9. The smallest absolute Gasteiger partial charge is 0.317 e. The van der Waals surface area contributed by atoms with Crippen LogP contribution in [-0.4, -0.2) is 186 Å². The number of hydroxylamine groups is 1. The van der Waals surface area contributed by atoms with Crippen LogP contribution in [0.2, 0.25) is 0 Å². The number of ether oxygens (including phenoxy) is 1. The van der Waals surface area contributed by atoms with Gasteiger partial charge < -0.3 is 42.2 Å². The average molecular weight is 992 g/mol. The number of nitrogens with one attached hydrogen (secondary N) is 3. The Morgan fingerprint density at radius 3 is 1.91 bits per heavy atom. The van der Waals surface area contributed by atoms with Crippen molar-refractivity contribution in [2.75, 3.05) is 85.6 Å². The van der Waals surface area contributed by atoms with Crippen LogP contribution in [-0.2, 0) is 49.6 Å². The summed E-state index contributed by atoms with van der Waals surface area (Å²) in [6.45, 7) is 7.67. The summed E-state index contributed by atoms with van der Waals surface area (Å²) in [6.07, 6.45) is 3.33. The number of aliphatic carboxylic acids is 3. The predicted octanol–water partition coefficient (Wildman–Crippen LogP) is 0.192. The largest absolute Gasteiger partial charge is 0.494 e. The van der Waals surface area contributed by atoms with E-state index in [4.69, 9.17) is 31.5 Å². The van der Waals surface area contributed by atoms with Crippen molar-refractivity contribution in [1.29, 1.82) is 0 Å². The van der Waals surface area contributed by atoms with Gasteiger partial charge in [0.25, 0.3) is 0 Å². The van der Waals surface area contributed by atoms with E-state index in [1.54, 1.807) is 29.6 Å². The summed E-state index contributed by atoms with van der Waals surface area (Å²) in [4.78, 5) is 117. The van der Waals surface area contributed by atoms with E-state index in [0.717, 1.165) is 5.56 Å². The summed E-state index contributed by atoms with van der Waals surface area (Å²) in [5.74, 6) is -6.51. The lowest BCUT2D eigenvalue weighted by molar-refractivity contribution is -0.142. The Kier molecular flexibility index (Phi) is 30.6. The van der Waals surface area contributed by atoms with Crippen LogP contribution in [0.3, 0.4) is 0 Å². The second kappa shape index (κ2) is 34.4. The van der Waals surface area contributed by atoms with Gasteiger partial charge in [0.05, 0.1) is 51.3 Å². The highest BCUT2D eigenvalue weighted by atomic mass is 16.5. The summed E-state index contributed by atoms with van der Waals surface area (Å²) in [7, 11) is 1.78. The number of ketones is 4. The minimum Gasteiger partial charge on any atom is -0.494 e. The Balaban J connectivity index is 0.000000721. The van der Waals surface area contributed by atoms with Gasteiger partial charge in [-0.3, -0.25) is 68.1 Å². The first-order valence-corrected chi connectivity index (χ1v) is 23.6. The number of guanidine groups is 1. The number of Topliss-reactive ketones (excluding diaryl/α,β-unsaturated/α-hetero) is 4. The van der Waals surface area contributed by atoms with E-state index in [1.807, 2.05) is 26.0 Å². The third-order valence-corrected chi connectivity index (χ3v) is 11.3. The number of amides is 2. The van der Waals surface area contributed by atoms with Gasteiger partial charge in [0.15, 0.2) is 11.7 Å². The SMILES string of the molecule is CC(=O)[C@H](CCCN=C(N)N)CC(=O)[C@@H]1Cc2ccc(cc2)OCCC[C@H](C(=O)NO)[C@@H](CC(C)C)C(=O)N1.CNCCCC(=O)CN(CCN(CC(C)=O)CC(=O)O)CCN(CC(=O)O)CC(=O)O. The molecule has 2 bridgehead atoms. The molecule has 3 rings (SSSR count). The van der Waals surface area contributed by atoms with Gasteiger partial charge in [0, 0.05) is 57.4 Å². The third kappa shape index (κ3) is 27.9. The van der Waals surface area contributed by atoms with Gasteiger partial charge in [0.1, 0.15) is 23.1 Å². The van der Waals surface area contributed by atoms with Crippen LogP contribution >= 0.6 is 0 Å². The minimum atomic E-state index is -1.16. The molecule has 2 aliphatic heterocycles. The van der Waals surface area contributed by atoms with E-state index < -0.39 is 66.6 Å². The fourth-order valence-electron chi connectivity index (χ4n) is 7.86. The van der Waals surface area contributed by atoms with E-state index >= 15 is 0 Å². The zero-order valence-electron chi connectivity index (χ0n) is 41.4. The maximum Gasteiger partial charge on any atom is 0.317 e. The maximum absolute atomic E-state index is 13.7. The highest BCUT2D eigenvalue weighted by molar-refractivity contribution is 5.94. The molecule has 0 saturated carbocycles. The van der Waals surface area contributed by atoms with Crippen LogP contribution in [0.4, 0.5) is 0 Å². The molecule has 23 heteroatoms. The molecule has 23 nitrogen and oxygen atoms in total. The van der Waals surface area contributed by atoms with Crippen molar-refractivity contribution in [1.82, 2.24) is 30.8 Å². The van der Waals surface area contributed by atoms with Crippen LogP contribution < -0.4 is 32.3 Å². The number of fused-ring (bicyclic) bond motifs is 11. The van der Waals surface area contributed by atoms with Crippen molar-refractivity contribution in [3.63, 3.8) is 0 Å². The number of carboxylic acid groups (broad SMARTS) is 3. The van der Waals surface area contributed by atoms with Gasteiger partial charge in [-0.1, -0.05) is 26.0 Å². The Hall–Kier alpha value is -5.88. The summed E-state index contributed by atoms with van der Waals surface area (Å²) in [5, 5.41) is 42.2. The van der Waals surface area contributed by atoms with E-state index in [1.165, 1.54) is 23.6 Å². The first-order chi connectivity index (χ1) is 33.0. The van der Waals surface area contributed by atoms with Gasteiger partial charge >= 0.3 is 17.9 Å². The zero-order valence-corrected chi connectivity index (χ0v) is 41.4. The molecule has 0 radical (unpaired) electrons. The lowest BCUT2D eigenvalue weighted by Crippen LogP contribution is -2.49. The van der Waals surface area contributed by atoms with Crippen LogP contribution in [0, 0.1) is 23.7 Å². The lowest BCUT2D eigenvalue weighted by atomic mass is 9.81. The number of aliphatic imine (C=N–C) groups is 1. The van der Waals surface area contributed by atoms with E-state index in [0.29, 0.717) is 70.4 Å². The van der Waals surface area contributed by atoms with Crippen molar-refractivity contribution in [2.45, 2.75) is 91.5 Å². The monoisotopic (exact) mass is 992 g/mol. The van der Waals surface area contributed by atoms with Gasteiger partial charge in [-0.2, -0.15) is 0 Å². The van der Waals surface area contributed by atoms with E-state index in [9.17, 15) is 48.4 Å². The molecule has 2 aliphatic rings. The Morgan fingerprint density at radius 1 is 0.843 bits per heavy atom. The number of nitrogens with zero attached hydrogens (tertiary/aromatic N) is 4. The topological polar surface area (TPSA) is 354 Å². The summed E-state index contributed by atoms with van der Waals surface area (Å²) < 4.78 is 5.80. The number of nitrogens with two attached hydrogens (primary N) is 2.